The molecule has 2 atom stereocenters. The van der Waals surface area contributed by atoms with Crippen molar-refractivity contribution in [1.82, 2.24) is 19.9 Å². The van der Waals surface area contributed by atoms with Gasteiger partial charge >= 0.3 is 0 Å². The van der Waals surface area contributed by atoms with E-state index < -0.39 is 24.0 Å². The van der Waals surface area contributed by atoms with Crippen molar-refractivity contribution in [3.63, 3.8) is 0 Å². The lowest BCUT2D eigenvalue weighted by Crippen LogP contribution is -2.48. The Morgan fingerprint density at radius 3 is 3.11 bits per heavy atom. The Hall–Kier alpha value is -3.23. The van der Waals surface area contributed by atoms with Crippen molar-refractivity contribution in [3.05, 3.63) is 53.1 Å². The van der Waals surface area contributed by atoms with Crippen LogP contribution in [0, 0.1) is 5.82 Å². The average molecular weight is 385 g/mol. The van der Waals surface area contributed by atoms with Gasteiger partial charge in [-0.25, -0.2) is 18.3 Å². The number of fused-ring (bicyclic) bond motifs is 2. The normalized spacial score (nSPS) is 23.4. The van der Waals surface area contributed by atoms with Gasteiger partial charge in [0, 0.05) is 23.7 Å². The lowest BCUT2D eigenvalue weighted by molar-refractivity contribution is 0.0580. The third-order valence-corrected chi connectivity index (χ3v) is 5.25. The molecule has 0 saturated heterocycles. The summed E-state index contributed by atoms with van der Waals surface area (Å²) in [6.07, 6.45) is 3.27. The number of carbonyl (C=O) groups excluding carboxylic acids is 1. The third-order valence-electron chi connectivity index (χ3n) is 5.25. The van der Waals surface area contributed by atoms with Crippen LogP contribution >= 0.6 is 0 Å². The molecule has 28 heavy (non-hydrogen) atoms. The topological polar surface area (TPSA) is 80.5 Å². The second-order valence-electron chi connectivity index (χ2n) is 7.27. The summed E-state index contributed by atoms with van der Waals surface area (Å²) >= 11 is 0. The summed E-state index contributed by atoms with van der Waals surface area (Å²) in [5.74, 6) is 0.113. The first-order chi connectivity index (χ1) is 13.5. The van der Waals surface area contributed by atoms with Crippen molar-refractivity contribution in [2.45, 2.75) is 25.0 Å². The number of alkyl halides is 1. The van der Waals surface area contributed by atoms with E-state index in [0.717, 1.165) is 0 Å². The summed E-state index contributed by atoms with van der Waals surface area (Å²) in [6, 6.07) is 4.10. The fourth-order valence-corrected chi connectivity index (χ4v) is 3.82. The van der Waals surface area contributed by atoms with E-state index in [1.54, 1.807) is 12.3 Å². The van der Waals surface area contributed by atoms with Crippen LogP contribution in [0.5, 0.6) is 5.75 Å². The van der Waals surface area contributed by atoms with Crippen LogP contribution in [0.15, 0.2) is 30.6 Å². The van der Waals surface area contributed by atoms with E-state index in [2.05, 4.69) is 20.7 Å². The van der Waals surface area contributed by atoms with E-state index >= 15 is 0 Å². The highest BCUT2D eigenvalue weighted by Crippen LogP contribution is 2.42. The number of nitrogens with one attached hydrogen (secondary N) is 2. The zero-order valence-corrected chi connectivity index (χ0v) is 15.0. The average Bonchev–Trinajstić information content (AvgIpc) is 3.26. The lowest BCUT2D eigenvalue weighted by atomic mass is 9.96. The molecule has 144 valence electrons. The Balaban J connectivity index is 1.68. The van der Waals surface area contributed by atoms with Gasteiger partial charge in [-0.3, -0.25) is 4.79 Å². The molecule has 0 fully saturated rings. The van der Waals surface area contributed by atoms with Gasteiger partial charge in [-0.1, -0.05) is 0 Å². The molecule has 5 rings (SSSR count). The first kappa shape index (κ1) is 16.9. The molecule has 4 heterocycles. The Bertz CT molecular complexity index is 1120. The second kappa shape index (κ2) is 5.88. The maximum atomic E-state index is 14.2. The number of aromatic nitrogens is 3. The zero-order valence-electron chi connectivity index (χ0n) is 15.0. The van der Waals surface area contributed by atoms with Gasteiger partial charge in [-0.15, -0.1) is 0 Å². The van der Waals surface area contributed by atoms with Crippen LogP contribution in [0.4, 0.5) is 14.6 Å². The molecule has 2 N–H and O–H groups in total. The van der Waals surface area contributed by atoms with Crippen LogP contribution < -0.4 is 15.4 Å². The van der Waals surface area contributed by atoms with E-state index in [-0.39, 0.29) is 24.6 Å². The van der Waals surface area contributed by atoms with Crippen molar-refractivity contribution in [1.29, 1.82) is 0 Å². The van der Waals surface area contributed by atoms with Gasteiger partial charge in [0.25, 0.3) is 5.91 Å². The SMILES string of the molecule is C[C@H]1Nc2ccn3ncc(c3n2)C(=O)NCC2(CF)Cc3cc(F)cc1c3O2. The molecule has 0 radical (unpaired) electrons. The van der Waals surface area contributed by atoms with Gasteiger partial charge in [-0.2, -0.15) is 5.10 Å². The van der Waals surface area contributed by atoms with E-state index in [1.165, 1.54) is 22.8 Å². The molecule has 1 unspecified atom stereocenters. The predicted octanol–water partition coefficient (Wildman–Crippen LogP) is 2.43. The maximum Gasteiger partial charge on any atom is 0.256 e. The fourth-order valence-electron chi connectivity index (χ4n) is 3.82. The molecule has 7 nitrogen and oxygen atoms in total. The van der Waals surface area contributed by atoms with Crippen molar-refractivity contribution >= 4 is 17.4 Å². The number of amides is 1. The first-order valence-corrected chi connectivity index (χ1v) is 8.94. The molecular formula is C19H17F2N5O2. The fraction of sp³-hybridized carbons (Fsp3) is 0.316. The molecule has 1 amide bonds. The molecule has 2 aromatic heterocycles. The molecule has 0 saturated carbocycles. The quantitative estimate of drug-likeness (QED) is 0.673. The summed E-state index contributed by atoms with van der Waals surface area (Å²) in [5.41, 5.74) is 0.545. The molecule has 2 aliphatic heterocycles. The molecule has 1 aromatic carbocycles. The van der Waals surface area contributed by atoms with Gasteiger partial charge in [0.15, 0.2) is 11.2 Å². The minimum absolute atomic E-state index is 0.0586. The highest BCUT2D eigenvalue weighted by molar-refractivity contribution is 5.99. The van der Waals surface area contributed by atoms with Crippen LogP contribution in [-0.4, -0.2) is 39.3 Å². The Labute approximate surface area is 158 Å². The summed E-state index contributed by atoms with van der Waals surface area (Å²) in [4.78, 5) is 17.1. The summed E-state index contributed by atoms with van der Waals surface area (Å²) in [5, 5.41) is 10.1. The van der Waals surface area contributed by atoms with E-state index in [0.29, 0.717) is 28.3 Å². The summed E-state index contributed by atoms with van der Waals surface area (Å²) in [6.45, 7) is 0.969. The van der Waals surface area contributed by atoms with Crippen LogP contribution in [0.3, 0.4) is 0 Å². The van der Waals surface area contributed by atoms with Crippen molar-refractivity contribution in [2.24, 2.45) is 0 Å². The predicted molar refractivity (Wildman–Crippen MR) is 96.8 cm³/mol. The number of ether oxygens (including phenoxy) is 1. The molecule has 0 spiro atoms. The Morgan fingerprint density at radius 2 is 2.29 bits per heavy atom. The molecule has 0 aliphatic carbocycles. The first-order valence-electron chi connectivity index (χ1n) is 8.94. The van der Waals surface area contributed by atoms with Crippen LogP contribution in [0.2, 0.25) is 0 Å². The lowest BCUT2D eigenvalue weighted by Gasteiger charge is -2.26. The van der Waals surface area contributed by atoms with Gasteiger partial charge in [0.05, 0.1) is 18.8 Å². The largest absolute Gasteiger partial charge is 0.482 e. The molecule has 4 bridgehead atoms. The van der Waals surface area contributed by atoms with Crippen molar-refractivity contribution in [3.8, 4) is 5.75 Å². The maximum absolute atomic E-state index is 14.2. The zero-order chi connectivity index (χ0) is 19.5. The smallest absolute Gasteiger partial charge is 0.256 e. The minimum Gasteiger partial charge on any atom is -0.482 e. The number of anilines is 1. The summed E-state index contributed by atoms with van der Waals surface area (Å²) < 4.78 is 35.7. The monoisotopic (exact) mass is 385 g/mol. The van der Waals surface area contributed by atoms with E-state index in [9.17, 15) is 13.6 Å². The number of rotatable bonds is 1. The molecule has 9 heteroatoms. The van der Waals surface area contributed by atoms with Gasteiger partial charge in [0.1, 0.15) is 29.6 Å². The molecular weight excluding hydrogens is 368 g/mol. The van der Waals surface area contributed by atoms with Crippen molar-refractivity contribution in [2.75, 3.05) is 18.5 Å². The Kier molecular flexibility index (Phi) is 3.55. The van der Waals surface area contributed by atoms with Crippen LogP contribution in [-0.2, 0) is 6.42 Å². The van der Waals surface area contributed by atoms with Crippen LogP contribution in [0.25, 0.3) is 5.65 Å². The number of hydrogen-bond acceptors (Lipinski definition) is 5. The standard InChI is InChI=1S/C19H17F2N5O2/c1-10-13-5-12(21)4-11-6-19(8-20,28-16(11)13)9-22-18(27)14-7-23-26-3-2-15(24-10)25-17(14)26/h2-5,7,10H,6,8-9H2,1H3,(H,22,27)(H,24,25)/t10-,19?/m1/s1. The third kappa shape index (κ3) is 2.49. The number of carbonyl (C=O) groups is 1. The molecule has 3 aromatic rings. The van der Waals surface area contributed by atoms with Crippen LogP contribution in [0.1, 0.15) is 34.5 Å². The van der Waals surface area contributed by atoms with Crippen molar-refractivity contribution < 1.29 is 18.3 Å². The minimum atomic E-state index is -1.27. The van der Waals surface area contributed by atoms with Gasteiger partial charge in [0.2, 0.25) is 0 Å². The second-order valence-corrected chi connectivity index (χ2v) is 7.27. The highest BCUT2D eigenvalue weighted by Gasteiger charge is 2.42. The molecule has 2 aliphatic rings. The van der Waals surface area contributed by atoms with E-state index in [1.807, 2.05) is 6.92 Å². The van der Waals surface area contributed by atoms with Gasteiger partial charge < -0.3 is 15.4 Å². The number of nitrogens with zero attached hydrogens (tertiary/aromatic N) is 3. The van der Waals surface area contributed by atoms with E-state index in [4.69, 9.17) is 4.74 Å². The summed E-state index contributed by atoms with van der Waals surface area (Å²) in [7, 11) is 0. The number of hydrogen-bond donors (Lipinski definition) is 2. The van der Waals surface area contributed by atoms with Gasteiger partial charge in [-0.05, 0) is 25.1 Å². The Morgan fingerprint density at radius 1 is 1.43 bits per heavy atom. The highest BCUT2D eigenvalue weighted by atomic mass is 19.1. The number of halogens is 2. The number of benzene rings is 1.